The molecule has 1 amide bonds. The van der Waals surface area contributed by atoms with Crippen molar-refractivity contribution in [3.8, 4) is 0 Å². The van der Waals surface area contributed by atoms with E-state index in [0.717, 1.165) is 0 Å². The first-order chi connectivity index (χ1) is 8.07. The van der Waals surface area contributed by atoms with Crippen molar-refractivity contribution < 1.29 is 18.7 Å². The number of methoxy groups -OCH3 is 1. The van der Waals surface area contributed by atoms with Crippen LogP contribution in [0.15, 0.2) is 0 Å². The van der Waals surface area contributed by atoms with Crippen LogP contribution in [0.2, 0.25) is 0 Å². The van der Waals surface area contributed by atoms with Gasteiger partial charge in [-0.15, -0.1) is 0 Å². The molecule has 0 bridgehead atoms. The van der Waals surface area contributed by atoms with Crippen LogP contribution >= 0.6 is 0 Å². The molecule has 18 heavy (non-hydrogen) atoms. The highest BCUT2D eigenvalue weighted by Gasteiger charge is 2.45. The van der Waals surface area contributed by atoms with Crippen molar-refractivity contribution >= 4 is 6.09 Å². The maximum absolute atomic E-state index is 14.0. The third kappa shape index (κ3) is 3.57. The molecule has 1 rings (SSSR count). The lowest BCUT2D eigenvalue weighted by molar-refractivity contribution is -0.0990. The summed E-state index contributed by atoms with van der Waals surface area (Å²) >= 11 is 0. The summed E-state index contributed by atoms with van der Waals surface area (Å²) in [6.45, 7) is 9.63. The van der Waals surface area contributed by atoms with Gasteiger partial charge in [0.2, 0.25) is 0 Å². The Hall–Kier alpha value is -0.840. The van der Waals surface area contributed by atoms with Crippen LogP contribution in [0.1, 0.15) is 34.6 Å². The molecule has 0 aromatic heterocycles. The van der Waals surface area contributed by atoms with Crippen molar-refractivity contribution in [2.75, 3.05) is 20.2 Å². The number of carbonyl (C=O) groups excluding carboxylic acids is 1. The first-order valence-corrected chi connectivity index (χ1v) is 6.21. The van der Waals surface area contributed by atoms with Crippen LogP contribution in [0, 0.1) is 5.41 Å². The van der Waals surface area contributed by atoms with Gasteiger partial charge in [-0.05, 0) is 20.8 Å². The molecular formula is C13H24FNO3. The van der Waals surface area contributed by atoms with Gasteiger partial charge in [-0.2, -0.15) is 0 Å². The molecule has 106 valence electrons. The molecule has 2 unspecified atom stereocenters. The highest BCUT2D eigenvalue weighted by Crippen LogP contribution is 2.33. The van der Waals surface area contributed by atoms with Gasteiger partial charge in [-0.1, -0.05) is 13.8 Å². The zero-order valence-electron chi connectivity index (χ0n) is 12.1. The fourth-order valence-electron chi connectivity index (χ4n) is 2.37. The molecule has 1 saturated heterocycles. The number of rotatable bonds is 1. The molecule has 1 aliphatic heterocycles. The minimum Gasteiger partial charge on any atom is -0.444 e. The Bertz CT molecular complexity index is 312. The third-order valence-electron chi connectivity index (χ3n) is 3.00. The largest absolute Gasteiger partial charge is 0.444 e. The SMILES string of the molecule is COC1C(F)CN(C(=O)OC(C)(C)C)CC1(C)C. The fourth-order valence-corrected chi connectivity index (χ4v) is 2.37. The molecule has 1 fully saturated rings. The minimum atomic E-state index is -1.19. The predicted octanol–water partition coefficient (Wildman–Crippen LogP) is 2.62. The number of nitrogens with zero attached hydrogens (tertiary/aromatic N) is 1. The summed E-state index contributed by atoms with van der Waals surface area (Å²) in [7, 11) is 1.50. The molecule has 0 spiro atoms. The molecule has 0 aromatic carbocycles. The smallest absolute Gasteiger partial charge is 0.410 e. The number of ether oxygens (including phenoxy) is 2. The summed E-state index contributed by atoms with van der Waals surface area (Å²) in [5.74, 6) is 0. The van der Waals surface area contributed by atoms with Crippen molar-refractivity contribution in [3.63, 3.8) is 0 Å². The normalized spacial score (nSPS) is 28.1. The zero-order chi connectivity index (χ0) is 14.1. The molecule has 5 heteroatoms. The van der Waals surface area contributed by atoms with Crippen molar-refractivity contribution in [2.24, 2.45) is 5.41 Å². The van der Waals surface area contributed by atoms with Crippen molar-refractivity contribution in [3.05, 3.63) is 0 Å². The average Bonchev–Trinajstić information content (AvgIpc) is 2.12. The molecular weight excluding hydrogens is 237 g/mol. The first kappa shape index (κ1) is 15.2. The Morgan fingerprint density at radius 1 is 1.39 bits per heavy atom. The van der Waals surface area contributed by atoms with E-state index >= 15 is 0 Å². The van der Waals surface area contributed by atoms with E-state index in [2.05, 4.69) is 0 Å². The molecule has 0 saturated carbocycles. The van der Waals surface area contributed by atoms with Crippen LogP contribution < -0.4 is 0 Å². The number of halogens is 1. The number of hydrogen-bond donors (Lipinski definition) is 0. The molecule has 1 aliphatic rings. The van der Waals surface area contributed by atoms with E-state index in [4.69, 9.17) is 9.47 Å². The number of amides is 1. The Morgan fingerprint density at radius 2 is 1.94 bits per heavy atom. The Balaban J connectivity index is 2.74. The lowest BCUT2D eigenvalue weighted by Crippen LogP contribution is -2.58. The van der Waals surface area contributed by atoms with E-state index in [1.807, 2.05) is 13.8 Å². The van der Waals surface area contributed by atoms with Crippen LogP contribution in [-0.2, 0) is 9.47 Å². The van der Waals surface area contributed by atoms with Gasteiger partial charge in [0.05, 0.1) is 12.6 Å². The van der Waals surface area contributed by atoms with Crippen LogP contribution in [0.3, 0.4) is 0 Å². The summed E-state index contributed by atoms with van der Waals surface area (Å²) in [6.07, 6.45) is -2.14. The molecule has 0 N–H and O–H groups in total. The number of piperidine rings is 1. The molecule has 0 aliphatic carbocycles. The van der Waals surface area contributed by atoms with Crippen LogP contribution in [-0.4, -0.2) is 49.1 Å². The van der Waals surface area contributed by atoms with E-state index in [1.54, 1.807) is 20.8 Å². The van der Waals surface area contributed by atoms with Gasteiger partial charge in [0.25, 0.3) is 0 Å². The van der Waals surface area contributed by atoms with Gasteiger partial charge in [-0.25, -0.2) is 9.18 Å². The van der Waals surface area contributed by atoms with E-state index in [-0.39, 0.29) is 6.54 Å². The van der Waals surface area contributed by atoms with Crippen LogP contribution in [0.5, 0.6) is 0 Å². The minimum absolute atomic E-state index is 0.0247. The van der Waals surface area contributed by atoms with Gasteiger partial charge in [-0.3, -0.25) is 0 Å². The molecule has 0 radical (unpaired) electrons. The maximum Gasteiger partial charge on any atom is 0.410 e. The summed E-state index contributed by atoms with van der Waals surface area (Å²) in [5.41, 5.74) is -0.992. The summed E-state index contributed by atoms with van der Waals surface area (Å²) < 4.78 is 24.5. The van der Waals surface area contributed by atoms with Gasteiger partial charge in [0.15, 0.2) is 0 Å². The first-order valence-electron chi connectivity index (χ1n) is 6.21. The summed E-state index contributed by atoms with van der Waals surface area (Å²) in [4.78, 5) is 13.4. The van der Waals surface area contributed by atoms with E-state index < -0.39 is 29.4 Å². The lowest BCUT2D eigenvalue weighted by Gasteiger charge is -2.45. The van der Waals surface area contributed by atoms with E-state index in [9.17, 15) is 9.18 Å². The molecule has 1 heterocycles. The summed E-state index contributed by atoms with van der Waals surface area (Å²) in [6, 6.07) is 0. The Kier molecular flexibility index (Phi) is 4.26. The monoisotopic (exact) mass is 261 g/mol. The van der Waals surface area contributed by atoms with Gasteiger partial charge < -0.3 is 14.4 Å². The van der Waals surface area contributed by atoms with Crippen molar-refractivity contribution in [2.45, 2.75) is 52.5 Å². The highest BCUT2D eigenvalue weighted by molar-refractivity contribution is 5.68. The zero-order valence-corrected chi connectivity index (χ0v) is 12.1. The van der Waals surface area contributed by atoms with Crippen LogP contribution in [0.4, 0.5) is 9.18 Å². The van der Waals surface area contributed by atoms with Gasteiger partial charge in [0.1, 0.15) is 11.8 Å². The predicted molar refractivity (Wildman–Crippen MR) is 67.3 cm³/mol. The molecule has 2 atom stereocenters. The van der Waals surface area contributed by atoms with E-state index in [1.165, 1.54) is 12.0 Å². The highest BCUT2D eigenvalue weighted by atomic mass is 19.1. The lowest BCUT2D eigenvalue weighted by atomic mass is 9.80. The topological polar surface area (TPSA) is 38.8 Å². The van der Waals surface area contributed by atoms with E-state index in [0.29, 0.717) is 6.54 Å². The Labute approximate surface area is 108 Å². The van der Waals surface area contributed by atoms with Crippen molar-refractivity contribution in [1.29, 1.82) is 0 Å². The number of carbonyl (C=O) groups is 1. The molecule has 4 nitrogen and oxygen atoms in total. The standard InChI is InChI=1S/C13H24FNO3/c1-12(2,3)18-11(16)15-7-9(14)10(17-6)13(4,5)8-15/h9-10H,7-8H2,1-6H3. The van der Waals surface area contributed by atoms with Crippen LogP contribution in [0.25, 0.3) is 0 Å². The van der Waals surface area contributed by atoms with Gasteiger partial charge in [0, 0.05) is 19.1 Å². The number of likely N-dealkylation sites (tertiary alicyclic amines) is 1. The molecule has 0 aromatic rings. The third-order valence-corrected chi connectivity index (χ3v) is 3.00. The second-order valence-electron chi connectivity index (χ2n) is 6.52. The fraction of sp³-hybridized carbons (Fsp3) is 0.923. The van der Waals surface area contributed by atoms with Crippen molar-refractivity contribution in [1.82, 2.24) is 4.90 Å². The number of alkyl halides is 1. The quantitative estimate of drug-likeness (QED) is 0.728. The summed E-state index contributed by atoms with van der Waals surface area (Å²) in [5, 5.41) is 0. The second-order valence-corrected chi connectivity index (χ2v) is 6.52. The second kappa shape index (κ2) is 5.03. The van der Waals surface area contributed by atoms with Gasteiger partial charge >= 0.3 is 6.09 Å². The maximum atomic E-state index is 14.0. The number of hydrogen-bond acceptors (Lipinski definition) is 3. The average molecular weight is 261 g/mol. The Morgan fingerprint density at radius 3 is 2.33 bits per heavy atom.